The normalized spacial score (nSPS) is 13.4. The number of hydrogen-bond donors (Lipinski definition) is 0. The molecule has 0 amide bonds. The zero-order valence-electron chi connectivity index (χ0n) is 9.47. The van der Waals surface area contributed by atoms with E-state index in [-0.39, 0.29) is 0 Å². The molecule has 0 unspecified atom stereocenters. The molecular weight excluding hydrogens is 214 g/mol. The summed E-state index contributed by atoms with van der Waals surface area (Å²) in [5.41, 5.74) is 4.83. The van der Waals surface area contributed by atoms with E-state index in [1.807, 2.05) is 29.8 Å². The van der Waals surface area contributed by atoms with Crippen LogP contribution in [0.25, 0.3) is 5.69 Å². The molecule has 0 aliphatic carbocycles. The van der Waals surface area contributed by atoms with E-state index < -0.39 is 0 Å². The minimum Gasteiger partial charge on any atom is -0.370 e. The van der Waals surface area contributed by atoms with Crippen LogP contribution in [0.1, 0.15) is 22.5 Å². The number of rotatable bonds is 1. The highest BCUT2D eigenvalue weighted by molar-refractivity contribution is 5.43. The Bertz CT molecular complexity index is 622. The molecule has 0 saturated heterocycles. The van der Waals surface area contributed by atoms with Gasteiger partial charge in [-0.3, -0.25) is 0 Å². The molecule has 17 heavy (non-hydrogen) atoms. The van der Waals surface area contributed by atoms with E-state index in [4.69, 9.17) is 10.00 Å². The second kappa shape index (κ2) is 3.72. The third-order valence-electron chi connectivity index (χ3n) is 3.00. The lowest BCUT2D eigenvalue weighted by atomic mass is 10.2. The van der Waals surface area contributed by atoms with Crippen molar-refractivity contribution in [3.63, 3.8) is 0 Å². The highest BCUT2D eigenvalue weighted by Gasteiger charge is 2.21. The maximum atomic E-state index is 8.90. The number of nitrogens with zero attached hydrogens (tertiary/aromatic N) is 3. The van der Waals surface area contributed by atoms with Gasteiger partial charge in [-0.15, -0.1) is 0 Å². The van der Waals surface area contributed by atoms with E-state index in [1.54, 1.807) is 6.07 Å². The second-order valence-corrected chi connectivity index (χ2v) is 4.08. The van der Waals surface area contributed by atoms with Crippen LogP contribution in [-0.2, 0) is 18.0 Å². The van der Waals surface area contributed by atoms with E-state index in [0.29, 0.717) is 18.8 Å². The standard InChI is InChI=1S/C13H11N3O/c1-9-12-7-17-8-13(12)16(15-9)11-4-2-3-10(5-11)6-14/h2-5H,7-8H2,1H3. The van der Waals surface area contributed by atoms with Crippen LogP contribution in [0.15, 0.2) is 24.3 Å². The minimum atomic E-state index is 0.590. The average molecular weight is 225 g/mol. The van der Waals surface area contributed by atoms with Gasteiger partial charge in [0.1, 0.15) is 0 Å². The Labute approximate surface area is 99.1 Å². The molecule has 4 heteroatoms. The number of nitriles is 1. The van der Waals surface area contributed by atoms with Crippen molar-refractivity contribution in [3.8, 4) is 11.8 Å². The first-order chi connectivity index (χ1) is 8.29. The fourth-order valence-electron chi connectivity index (χ4n) is 2.11. The first kappa shape index (κ1) is 10.1. The molecule has 2 heterocycles. The van der Waals surface area contributed by atoms with Gasteiger partial charge in [0.2, 0.25) is 0 Å². The molecule has 0 saturated carbocycles. The molecule has 0 bridgehead atoms. The summed E-state index contributed by atoms with van der Waals surface area (Å²) in [6.07, 6.45) is 0. The summed E-state index contributed by atoms with van der Waals surface area (Å²) in [7, 11) is 0. The number of aryl methyl sites for hydroxylation is 1. The highest BCUT2D eigenvalue weighted by Crippen LogP contribution is 2.25. The molecule has 4 nitrogen and oxygen atoms in total. The second-order valence-electron chi connectivity index (χ2n) is 4.08. The summed E-state index contributed by atoms with van der Waals surface area (Å²) >= 11 is 0. The largest absolute Gasteiger partial charge is 0.370 e. The Balaban J connectivity index is 2.16. The van der Waals surface area contributed by atoms with Gasteiger partial charge in [0.25, 0.3) is 0 Å². The number of hydrogen-bond acceptors (Lipinski definition) is 3. The predicted molar refractivity (Wildman–Crippen MR) is 61.5 cm³/mol. The molecule has 2 aromatic rings. The van der Waals surface area contributed by atoms with E-state index >= 15 is 0 Å². The van der Waals surface area contributed by atoms with Crippen molar-refractivity contribution >= 4 is 0 Å². The van der Waals surface area contributed by atoms with E-state index in [9.17, 15) is 0 Å². The van der Waals surface area contributed by atoms with Gasteiger partial charge >= 0.3 is 0 Å². The SMILES string of the molecule is Cc1nn(-c2cccc(C#N)c2)c2c1COC2. The van der Waals surface area contributed by atoms with Gasteiger partial charge in [-0.2, -0.15) is 10.4 Å². The Kier molecular flexibility index (Phi) is 2.20. The maximum Gasteiger partial charge on any atom is 0.0992 e. The zero-order chi connectivity index (χ0) is 11.8. The Morgan fingerprint density at radius 1 is 1.41 bits per heavy atom. The van der Waals surface area contributed by atoms with Gasteiger partial charge < -0.3 is 4.74 Å². The highest BCUT2D eigenvalue weighted by atomic mass is 16.5. The molecular formula is C13H11N3O. The lowest BCUT2D eigenvalue weighted by Gasteiger charge is -2.05. The fraction of sp³-hybridized carbons (Fsp3) is 0.231. The third kappa shape index (κ3) is 1.52. The zero-order valence-corrected chi connectivity index (χ0v) is 9.47. The van der Waals surface area contributed by atoms with Crippen LogP contribution in [0.5, 0.6) is 0 Å². The molecule has 1 aromatic carbocycles. The number of fused-ring (bicyclic) bond motifs is 1. The molecule has 0 fully saturated rings. The van der Waals surface area contributed by atoms with Crippen LogP contribution in [0.4, 0.5) is 0 Å². The first-order valence-corrected chi connectivity index (χ1v) is 5.45. The van der Waals surface area contributed by atoms with Crippen molar-refractivity contribution in [1.82, 2.24) is 9.78 Å². The van der Waals surface area contributed by atoms with E-state index in [0.717, 1.165) is 17.1 Å². The fourth-order valence-corrected chi connectivity index (χ4v) is 2.11. The lowest BCUT2D eigenvalue weighted by molar-refractivity contribution is 0.130. The van der Waals surface area contributed by atoms with Crippen LogP contribution in [-0.4, -0.2) is 9.78 Å². The summed E-state index contributed by atoms with van der Waals surface area (Å²) in [6, 6.07) is 9.58. The predicted octanol–water partition coefficient (Wildman–Crippen LogP) is 2.08. The van der Waals surface area contributed by atoms with Crippen LogP contribution in [0.2, 0.25) is 0 Å². The van der Waals surface area contributed by atoms with Crippen molar-refractivity contribution in [2.45, 2.75) is 20.1 Å². The summed E-state index contributed by atoms with van der Waals surface area (Å²) < 4.78 is 7.30. The van der Waals surface area contributed by atoms with Gasteiger partial charge in [-0.05, 0) is 25.1 Å². The van der Waals surface area contributed by atoms with Gasteiger partial charge in [0, 0.05) is 5.56 Å². The van der Waals surface area contributed by atoms with Crippen molar-refractivity contribution in [2.24, 2.45) is 0 Å². The van der Waals surface area contributed by atoms with Crippen molar-refractivity contribution in [1.29, 1.82) is 5.26 Å². The van der Waals surface area contributed by atoms with Crippen LogP contribution >= 0.6 is 0 Å². The molecule has 84 valence electrons. The maximum absolute atomic E-state index is 8.90. The summed E-state index contributed by atoms with van der Waals surface area (Å²) in [5.74, 6) is 0. The van der Waals surface area contributed by atoms with Crippen molar-refractivity contribution in [2.75, 3.05) is 0 Å². The van der Waals surface area contributed by atoms with Gasteiger partial charge in [-0.25, -0.2) is 4.68 Å². The lowest BCUT2D eigenvalue weighted by Crippen LogP contribution is -2.01. The molecule has 0 radical (unpaired) electrons. The van der Waals surface area contributed by atoms with Crippen LogP contribution in [0, 0.1) is 18.3 Å². The topological polar surface area (TPSA) is 50.8 Å². The summed E-state index contributed by atoms with van der Waals surface area (Å²) in [5, 5.41) is 13.4. The molecule has 1 aliphatic heterocycles. The van der Waals surface area contributed by atoms with Gasteiger partial charge in [0.15, 0.2) is 0 Å². The van der Waals surface area contributed by atoms with Gasteiger partial charge in [-0.1, -0.05) is 6.07 Å². The Morgan fingerprint density at radius 2 is 2.29 bits per heavy atom. The number of aromatic nitrogens is 2. The smallest absolute Gasteiger partial charge is 0.0992 e. The molecule has 1 aliphatic rings. The monoisotopic (exact) mass is 225 g/mol. The van der Waals surface area contributed by atoms with Crippen LogP contribution < -0.4 is 0 Å². The van der Waals surface area contributed by atoms with Gasteiger partial charge in [0.05, 0.1) is 41.9 Å². The minimum absolute atomic E-state index is 0.590. The summed E-state index contributed by atoms with van der Waals surface area (Å²) in [4.78, 5) is 0. The molecule has 0 atom stereocenters. The molecule has 0 spiro atoms. The Morgan fingerprint density at radius 3 is 3.12 bits per heavy atom. The number of ether oxygens (including phenoxy) is 1. The third-order valence-corrected chi connectivity index (χ3v) is 3.00. The van der Waals surface area contributed by atoms with Crippen LogP contribution in [0.3, 0.4) is 0 Å². The molecule has 1 aromatic heterocycles. The molecule has 3 rings (SSSR count). The van der Waals surface area contributed by atoms with Crippen molar-refractivity contribution < 1.29 is 4.74 Å². The summed E-state index contributed by atoms with van der Waals surface area (Å²) in [6.45, 7) is 3.21. The van der Waals surface area contributed by atoms with E-state index in [2.05, 4.69) is 11.2 Å². The average Bonchev–Trinajstić information content (AvgIpc) is 2.94. The molecule has 0 N–H and O–H groups in total. The van der Waals surface area contributed by atoms with Crippen molar-refractivity contribution in [3.05, 3.63) is 46.8 Å². The first-order valence-electron chi connectivity index (χ1n) is 5.45. The quantitative estimate of drug-likeness (QED) is 0.746. The Hall–Kier alpha value is -2.12. The number of benzene rings is 1. The van der Waals surface area contributed by atoms with E-state index in [1.165, 1.54) is 5.56 Å².